The van der Waals surface area contributed by atoms with Crippen molar-refractivity contribution in [1.82, 2.24) is 24.7 Å². The molecule has 0 spiro atoms. The van der Waals surface area contributed by atoms with E-state index in [4.69, 9.17) is 5.73 Å². The van der Waals surface area contributed by atoms with Crippen LogP contribution in [0.1, 0.15) is 33.1 Å². The summed E-state index contributed by atoms with van der Waals surface area (Å²) in [5.41, 5.74) is 6.20. The molecule has 2 N–H and O–H groups in total. The van der Waals surface area contributed by atoms with E-state index in [-0.39, 0.29) is 5.95 Å². The van der Waals surface area contributed by atoms with Crippen LogP contribution in [-0.2, 0) is 0 Å². The van der Waals surface area contributed by atoms with Crippen LogP contribution < -0.4 is 10.6 Å². The number of rotatable bonds is 4. The fourth-order valence-corrected chi connectivity index (χ4v) is 2.93. The monoisotopic (exact) mass is 287 g/mol. The molecule has 2 aromatic rings. The third-order valence-electron chi connectivity index (χ3n) is 4.56. The number of hydrogen-bond acceptors (Lipinski definition) is 6. The number of anilines is 2. The Morgan fingerprint density at radius 1 is 1.19 bits per heavy atom. The molecule has 1 aliphatic rings. The number of hydrogen-bond donors (Lipinski definition) is 1. The third-order valence-corrected chi connectivity index (χ3v) is 4.56. The van der Waals surface area contributed by atoms with Crippen molar-refractivity contribution in [3.8, 4) is 5.95 Å². The highest BCUT2D eigenvalue weighted by Gasteiger charge is 2.36. The zero-order chi connectivity index (χ0) is 14.9. The molecule has 0 bridgehead atoms. The number of aromatic nitrogens is 5. The molecule has 1 aliphatic heterocycles. The van der Waals surface area contributed by atoms with Gasteiger partial charge in [-0.15, -0.1) is 0 Å². The summed E-state index contributed by atoms with van der Waals surface area (Å²) in [6.45, 7) is 6.44. The van der Waals surface area contributed by atoms with Crippen LogP contribution in [0.25, 0.3) is 5.95 Å². The van der Waals surface area contributed by atoms with Crippen LogP contribution in [0.15, 0.2) is 18.5 Å². The summed E-state index contributed by atoms with van der Waals surface area (Å²) in [6, 6.07) is 1.83. The van der Waals surface area contributed by atoms with Crippen LogP contribution in [-0.4, -0.2) is 37.8 Å². The van der Waals surface area contributed by atoms with E-state index < -0.39 is 0 Å². The van der Waals surface area contributed by atoms with Crippen molar-refractivity contribution >= 4 is 11.9 Å². The Morgan fingerprint density at radius 3 is 2.57 bits per heavy atom. The molecule has 0 aliphatic carbocycles. The number of nitrogens with two attached hydrogens (primary N) is 1. The van der Waals surface area contributed by atoms with E-state index >= 15 is 0 Å². The van der Waals surface area contributed by atoms with Crippen LogP contribution in [0.3, 0.4) is 0 Å². The minimum atomic E-state index is 0.232. The molecule has 21 heavy (non-hydrogen) atoms. The first kappa shape index (κ1) is 13.8. The van der Waals surface area contributed by atoms with E-state index in [0.29, 0.717) is 17.3 Å². The zero-order valence-corrected chi connectivity index (χ0v) is 12.5. The Morgan fingerprint density at radius 2 is 1.95 bits per heavy atom. The summed E-state index contributed by atoms with van der Waals surface area (Å²) in [5.74, 6) is 1.35. The summed E-state index contributed by atoms with van der Waals surface area (Å²) < 4.78 is 1.60. The summed E-state index contributed by atoms with van der Waals surface area (Å²) in [7, 11) is 0. The Bertz CT molecular complexity index is 604. The zero-order valence-electron chi connectivity index (χ0n) is 12.5. The lowest BCUT2D eigenvalue weighted by atomic mass is 9.82. The van der Waals surface area contributed by atoms with Crippen LogP contribution >= 0.6 is 0 Å². The second-order valence-electron chi connectivity index (χ2n) is 5.62. The first-order chi connectivity index (χ1) is 10.2. The molecule has 0 radical (unpaired) electrons. The maximum absolute atomic E-state index is 5.84. The normalized spacial score (nSPS) is 17.3. The molecule has 3 heterocycles. The SMILES string of the molecule is CCC1(CC)CCN(c2nc(N)nc(-n3cccn3)n2)C1. The van der Waals surface area contributed by atoms with Gasteiger partial charge < -0.3 is 10.6 Å². The Kier molecular flexibility index (Phi) is 3.48. The summed E-state index contributed by atoms with van der Waals surface area (Å²) in [4.78, 5) is 15.2. The van der Waals surface area contributed by atoms with Crippen LogP contribution in [0.4, 0.5) is 11.9 Å². The van der Waals surface area contributed by atoms with E-state index in [1.165, 1.54) is 19.3 Å². The Hall–Kier alpha value is -2.18. The Balaban J connectivity index is 1.90. The van der Waals surface area contributed by atoms with Gasteiger partial charge in [-0.3, -0.25) is 0 Å². The van der Waals surface area contributed by atoms with Crippen molar-refractivity contribution in [2.75, 3.05) is 23.7 Å². The van der Waals surface area contributed by atoms with Gasteiger partial charge in [-0.25, -0.2) is 4.68 Å². The average molecular weight is 287 g/mol. The van der Waals surface area contributed by atoms with Crippen LogP contribution in [0.5, 0.6) is 0 Å². The molecule has 0 aromatic carbocycles. The van der Waals surface area contributed by atoms with E-state index in [0.717, 1.165) is 13.1 Å². The predicted octanol–water partition coefficient (Wildman–Crippen LogP) is 1.66. The van der Waals surface area contributed by atoms with E-state index in [9.17, 15) is 0 Å². The van der Waals surface area contributed by atoms with Gasteiger partial charge in [0.25, 0.3) is 5.95 Å². The summed E-state index contributed by atoms with van der Waals surface area (Å²) in [5, 5.41) is 4.15. The maximum atomic E-state index is 5.84. The topological polar surface area (TPSA) is 85.8 Å². The highest BCUT2D eigenvalue weighted by atomic mass is 15.4. The fraction of sp³-hybridized carbons (Fsp3) is 0.571. The molecule has 0 saturated carbocycles. The first-order valence-electron chi connectivity index (χ1n) is 7.42. The van der Waals surface area contributed by atoms with Crippen LogP contribution in [0.2, 0.25) is 0 Å². The van der Waals surface area contributed by atoms with Crippen molar-refractivity contribution in [2.24, 2.45) is 5.41 Å². The van der Waals surface area contributed by atoms with Gasteiger partial charge in [0.05, 0.1) is 0 Å². The van der Waals surface area contributed by atoms with Crippen molar-refractivity contribution < 1.29 is 0 Å². The Labute approximate surface area is 124 Å². The largest absolute Gasteiger partial charge is 0.368 e. The smallest absolute Gasteiger partial charge is 0.257 e. The van der Waals surface area contributed by atoms with Gasteiger partial charge in [0.2, 0.25) is 11.9 Å². The fourth-order valence-electron chi connectivity index (χ4n) is 2.93. The standard InChI is InChI=1S/C14H21N7/c1-3-14(4-2)6-9-20(10-14)12-17-11(15)18-13(19-12)21-8-5-7-16-21/h5,7-8H,3-4,6,9-10H2,1-2H3,(H2,15,17,18,19). The van der Waals surface area contributed by atoms with Crippen molar-refractivity contribution in [2.45, 2.75) is 33.1 Å². The summed E-state index contributed by atoms with van der Waals surface area (Å²) >= 11 is 0. The van der Waals surface area contributed by atoms with Gasteiger partial charge in [0, 0.05) is 25.5 Å². The van der Waals surface area contributed by atoms with E-state index in [1.807, 2.05) is 6.07 Å². The quantitative estimate of drug-likeness (QED) is 0.920. The molecule has 0 amide bonds. The second-order valence-corrected chi connectivity index (χ2v) is 5.62. The molecular formula is C14H21N7. The van der Waals surface area contributed by atoms with Crippen molar-refractivity contribution in [1.29, 1.82) is 0 Å². The molecule has 0 unspecified atom stereocenters. The lowest BCUT2D eigenvalue weighted by Gasteiger charge is -2.26. The van der Waals surface area contributed by atoms with Crippen molar-refractivity contribution in [3.63, 3.8) is 0 Å². The molecule has 2 aromatic heterocycles. The minimum Gasteiger partial charge on any atom is -0.368 e. The van der Waals surface area contributed by atoms with Crippen LogP contribution in [0, 0.1) is 5.41 Å². The maximum Gasteiger partial charge on any atom is 0.257 e. The molecule has 0 atom stereocenters. The molecule has 1 saturated heterocycles. The average Bonchev–Trinajstić information content (AvgIpc) is 3.17. The molecule has 7 nitrogen and oxygen atoms in total. The van der Waals surface area contributed by atoms with Gasteiger partial charge in [-0.05, 0) is 30.7 Å². The van der Waals surface area contributed by atoms with Gasteiger partial charge in [0.15, 0.2) is 0 Å². The highest BCUT2D eigenvalue weighted by molar-refractivity contribution is 5.39. The highest BCUT2D eigenvalue weighted by Crippen LogP contribution is 2.38. The minimum absolute atomic E-state index is 0.232. The number of nitrogens with zero attached hydrogens (tertiary/aromatic N) is 6. The van der Waals surface area contributed by atoms with Gasteiger partial charge in [-0.2, -0.15) is 20.1 Å². The molecule has 112 valence electrons. The van der Waals surface area contributed by atoms with E-state index in [1.54, 1.807) is 17.1 Å². The first-order valence-corrected chi connectivity index (χ1v) is 7.42. The van der Waals surface area contributed by atoms with Gasteiger partial charge >= 0.3 is 0 Å². The van der Waals surface area contributed by atoms with Crippen molar-refractivity contribution in [3.05, 3.63) is 18.5 Å². The van der Waals surface area contributed by atoms with Gasteiger partial charge in [0.1, 0.15) is 0 Å². The molecule has 3 rings (SSSR count). The second kappa shape index (κ2) is 5.31. The lowest BCUT2D eigenvalue weighted by molar-refractivity contribution is 0.301. The predicted molar refractivity (Wildman–Crippen MR) is 81.2 cm³/mol. The lowest BCUT2D eigenvalue weighted by Crippen LogP contribution is -2.28. The van der Waals surface area contributed by atoms with Gasteiger partial charge in [-0.1, -0.05) is 13.8 Å². The molecule has 1 fully saturated rings. The third kappa shape index (κ3) is 2.55. The number of nitrogen functional groups attached to an aromatic ring is 1. The molecule has 7 heteroatoms. The molecular weight excluding hydrogens is 266 g/mol. The summed E-state index contributed by atoms with van der Waals surface area (Å²) in [6.07, 6.45) is 7.00. The van der Waals surface area contributed by atoms with E-state index in [2.05, 4.69) is 38.8 Å².